The van der Waals surface area contributed by atoms with Crippen LogP contribution in [0.2, 0.25) is 5.02 Å². The largest absolute Gasteiger partial charge is 0.379 e. The molecule has 0 radical (unpaired) electrons. The SMILES string of the molecule is O=C(Nc1ccc(S(=O)(=O)N2CCOCC2)cc1)Nc1ccc(F)c(Cl)c1. The molecule has 0 spiro atoms. The minimum absolute atomic E-state index is 0.106. The Labute approximate surface area is 161 Å². The molecular formula is C17H17ClFN3O4S. The van der Waals surface area contributed by atoms with E-state index >= 15 is 0 Å². The van der Waals surface area contributed by atoms with Gasteiger partial charge in [-0.25, -0.2) is 17.6 Å². The highest BCUT2D eigenvalue weighted by atomic mass is 35.5. The number of morpholine rings is 1. The Morgan fingerprint density at radius 3 is 2.26 bits per heavy atom. The summed E-state index contributed by atoms with van der Waals surface area (Å²) in [4.78, 5) is 12.1. The topological polar surface area (TPSA) is 87.7 Å². The summed E-state index contributed by atoms with van der Waals surface area (Å²) < 4.78 is 44.8. The van der Waals surface area contributed by atoms with E-state index in [9.17, 15) is 17.6 Å². The number of carbonyl (C=O) groups excluding carboxylic acids is 1. The molecule has 0 aromatic heterocycles. The molecule has 1 fully saturated rings. The number of halogens is 2. The van der Waals surface area contributed by atoms with Crippen molar-refractivity contribution in [2.24, 2.45) is 0 Å². The van der Waals surface area contributed by atoms with Gasteiger partial charge in [0.25, 0.3) is 0 Å². The van der Waals surface area contributed by atoms with E-state index < -0.39 is 21.9 Å². The normalized spacial score (nSPS) is 15.3. The Morgan fingerprint density at radius 1 is 1.04 bits per heavy atom. The number of urea groups is 1. The molecule has 0 atom stereocenters. The molecule has 2 N–H and O–H groups in total. The van der Waals surface area contributed by atoms with Gasteiger partial charge in [-0.2, -0.15) is 4.31 Å². The summed E-state index contributed by atoms with van der Waals surface area (Å²) >= 11 is 5.67. The van der Waals surface area contributed by atoms with E-state index in [1.54, 1.807) is 0 Å². The smallest absolute Gasteiger partial charge is 0.323 e. The van der Waals surface area contributed by atoms with Gasteiger partial charge in [0.15, 0.2) is 0 Å². The second kappa shape index (κ2) is 8.22. The molecule has 144 valence electrons. The van der Waals surface area contributed by atoms with Crippen molar-refractivity contribution < 1.29 is 22.3 Å². The van der Waals surface area contributed by atoms with Crippen LogP contribution in [-0.4, -0.2) is 45.1 Å². The summed E-state index contributed by atoms with van der Waals surface area (Å²) in [7, 11) is -3.59. The lowest BCUT2D eigenvalue weighted by molar-refractivity contribution is 0.0730. The predicted molar refractivity (Wildman–Crippen MR) is 100 cm³/mol. The van der Waals surface area contributed by atoms with Crippen LogP contribution >= 0.6 is 11.6 Å². The summed E-state index contributed by atoms with van der Waals surface area (Å²) in [5.41, 5.74) is 0.729. The van der Waals surface area contributed by atoms with Crippen LogP contribution in [0.15, 0.2) is 47.4 Å². The van der Waals surface area contributed by atoms with Gasteiger partial charge in [0.1, 0.15) is 5.82 Å². The van der Waals surface area contributed by atoms with Crippen LogP contribution in [0.25, 0.3) is 0 Å². The molecule has 27 heavy (non-hydrogen) atoms. The van der Waals surface area contributed by atoms with Gasteiger partial charge in [-0.1, -0.05) is 11.6 Å². The molecule has 3 rings (SSSR count). The summed E-state index contributed by atoms with van der Waals surface area (Å²) in [5, 5.41) is 4.97. The standard InChI is InChI=1S/C17H17ClFN3O4S/c18-15-11-13(3-6-16(15)19)21-17(23)20-12-1-4-14(5-2-12)27(24,25)22-7-9-26-10-8-22/h1-6,11H,7-10H2,(H2,20,21,23). The molecule has 1 saturated heterocycles. The summed E-state index contributed by atoms with van der Waals surface area (Å²) in [5.74, 6) is -0.584. The third-order valence-electron chi connectivity index (χ3n) is 3.90. The van der Waals surface area contributed by atoms with Crippen molar-refractivity contribution in [3.05, 3.63) is 53.3 Å². The lowest BCUT2D eigenvalue weighted by Gasteiger charge is -2.26. The van der Waals surface area contributed by atoms with Crippen LogP contribution in [0.3, 0.4) is 0 Å². The molecular weight excluding hydrogens is 397 g/mol. The van der Waals surface area contributed by atoms with Gasteiger partial charge in [-0.3, -0.25) is 0 Å². The fraction of sp³-hybridized carbons (Fsp3) is 0.235. The molecule has 0 saturated carbocycles. The molecule has 2 aromatic carbocycles. The van der Waals surface area contributed by atoms with Gasteiger partial charge in [0.2, 0.25) is 10.0 Å². The van der Waals surface area contributed by atoms with Crippen LogP contribution in [0.1, 0.15) is 0 Å². The zero-order valence-electron chi connectivity index (χ0n) is 14.1. The molecule has 1 aliphatic heterocycles. The van der Waals surface area contributed by atoms with Crippen LogP contribution in [-0.2, 0) is 14.8 Å². The average molecular weight is 414 g/mol. The second-order valence-corrected chi connectivity index (χ2v) is 8.09. The minimum atomic E-state index is -3.59. The summed E-state index contributed by atoms with van der Waals surface area (Å²) in [6.45, 7) is 1.36. The van der Waals surface area contributed by atoms with Gasteiger partial charge >= 0.3 is 6.03 Å². The number of rotatable bonds is 4. The lowest BCUT2D eigenvalue weighted by Crippen LogP contribution is -2.40. The van der Waals surface area contributed by atoms with E-state index in [4.69, 9.17) is 16.3 Å². The molecule has 0 unspecified atom stereocenters. The molecule has 10 heteroatoms. The van der Waals surface area contributed by atoms with Crippen LogP contribution in [0.4, 0.5) is 20.6 Å². The highest BCUT2D eigenvalue weighted by Crippen LogP contribution is 2.21. The quantitative estimate of drug-likeness (QED) is 0.806. The van der Waals surface area contributed by atoms with Gasteiger partial charge in [0, 0.05) is 24.5 Å². The zero-order valence-corrected chi connectivity index (χ0v) is 15.7. The average Bonchev–Trinajstić information content (AvgIpc) is 2.66. The molecule has 0 bridgehead atoms. The molecule has 1 aliphatic rings. The highest BCUT2D eigenvalue weighted by molar-refractivity contribution is 7.89. The third-order valence-corrected chi connectivity index (χ3v) is 6.10. The monoisotopic (exact) mass is 413 g/mol. The van der Waals surface area contributed by atoms with Gasteiger partial charge in [-0.15, -0.1) is 0 Å². The predicted octanol–water partition coefficient (Wildman–Crippen LogP) is 3.14. The Kier molecular flexibility index (Phi) is 5.95. The highest BCUT2D eigenvalue weighted by Gasteiger charge is 2.26. The Balaban J connectivity index is 1.64. The molecule has 7 nitrogen and oxygen atoms in total. The number of benzene rings is 2. The van der Waals surface area contributed by atoms with Crippen molar-refractivity contribution in [2.75, 3.05) is 36.9 Å². The molecule has 0 aliphatic carbocycles. The first-order valence-electron chi connectivity index (χ1n) is 8.07. The number of nitrogens with zero attached hydrogens (tertiary/aromatic N) is 1. The van der Waals surface area contributed by atoms with E-state index in [1.807, 2.05) is 0 Å². The number of amides is 2. The zero-order chi connectivity index (χ0) is 19.4. The maximum Gasteiger partial charge on any atom is 0.323 e. The fourth-order valence-electron chi connectivity index (χ4n) is 2.51. The first-order chi connectivity index (χ1) is 12.9. The Bertz CT molecular complexity index is 932. The van der Waals surface area contributed by atoms with E-state index in [0.717, 1.165) is 6.07 Å². The first-order valence-corrected chi connectivity index (χ1v) is 9.89. The van der Waals surface area contributed by atoms with E-state index in [0.29, 0.717) is 37.7 Å². The van der Waals surface area contributed by atoms with Crippen molar-refractivity contribution in [3.63, 3.8) is 0 Å². The Morgan fingerprint density at radius 2 is 1.63 bits per heavy atom. The maximum absolute atomic E-state index is 13.1. The van der Waals surface area contributed by atoms with Gasteiger partial charge in [-0.05, 0) is 42.5 Å². The van der Waals surface area contributed by atoms with Gasteiger partial charge < -0.3 is 15.4 Å². The van der Waals surface area contributed by atoms with Crippen LogP contribution in [0, 0.1) is 5.82 Å². The van der Waals surface area contributed by atoms with Crippen molar-refractivity contribution in [1.82, 2.24) is 4.31 Å². The van der Waals surface area contributed by atoms with Crippen LogP contribution in [0.5, 0.6) is 0 Å². The second-order valence-electron chi connectivity index (χ2n) is 5.75. The van der Waals surface area contributed by atoms with E-state index in [2.05, 4.69) is 10.6 Å². The maximum atomic E-state index is 13.1. The van der Waals surface area contributed by atoms with E-state index in [1.165, 1.54) is 40.7 Å². The van der Waals surface area contributed by atoms with Gasteiger partial charge in [0.05, 0.1) is 23.1 Å². The third kappa shape index (κ3) is 4.75. The van der Waals surface area contributed by atoms with Crippen molar-refractivity contribution in [2.45, 2.75) is 4.90 Å². The molecule has 2 amide bonds. The Hall–Kier alpha value is -2.20. The first kappa shape index (κ1) is 19.6. The lowest BCUT2D eigenvalue weighted by atomic mass is 10.3. The van der Waals surface area contributed by atoms with Crippen molar-refractivity contribution in [3.8, 4) is 0 Å². The van der Waals surface area contributed by atoms with Crippen LogP contribution < -0.4 is 10.6 Å². The number of hydrogen-bond donors (Lipinski definition) is 2. The van der Waals surface area contributed by atoms with Crippen molar-refractivity contribution in [1.29, 1.82) is 0 Å². The number of hydrogen-bond acceptors (Lipinski definition) is 4. The summed E-state index contributed by atoms with van der Waals surface area (Å²) in [6, 6.07) is 9.07. The number of ether oxygens (including phenoxy) is 1. The number of carbonyl (C=O) groups is 1. The van der Waals surface area contributed by atoms with Crippen molar-refractivity contribution >= 4 is 39.0 Å². The minimum Gasteiger partial charge on any atom is -0.379 e. The van der Waals surface area contributed by atoms with E-state index in [-0.39, 0.29) is 9.92 Å². The number of anilines is 2. The molecule has 1 heterocycles. The number of sulfonamides is 1. The fourth-order valence-corrected chi connectivity index (χ4v) is 4.10. The number of nitrogens with one attached hydrogen (secondary N) is 2. The molecule has 2 aromatic rings. The summed E-state index contributed by atoms with van der Waals surface area (Å²) in [6.07, 6.45) is 0.